The van der Waals surface area contributed by atoms with Gasteiger partial charge in [0.2, 0.25) is 0 Å². The van der Waals surface area contributed by atoms with Crippen LogP contribution >= 0.6 is 0 Å². The van der Waals surface area contributed by atoms with E-state index in [-0.39, 0.29) is 0 Å². The van der Waals surface area contributed by atoms with Gasteiger partial charge in [0, 0.05) is 33.2 Å². The van der Waals surface area contributed by atoms with E-state index in [0.29, 0.717) is 0 Å². The van der Waals surface area contributed by atoms with Crippen LogP contribution < -0.4 is 9.80 Å². The minimum absolute atomic E-state index is 1.11. The van der Waals surface area contributed by atoms with Crippen molar-refractivity contribution in [2.24, 2.45) is 0 Å². The minimum Gasteiger partial charge on any atom is -0.310 e. The van der Waals surface area contributed by atoms with E-state index in [1.807, 2.05) is 0 Å². The van der Waals surface area contributed by atoms with Crippen molar-refractivity contribution in [2.45, 2.75) is 0 Å². The quantitative estimate of drug-likeness (QED) is 0.111. The highest BCUT2D eigenvalue weighted by molar-refractivity contribution is 6.37. The molecule has 354 valence electrons. The first-order chi connectivity index (χ1) is 37.7. The largest absolute Gasteiger partial charge is 0.310 e. The van der Waals surface area contributed by atoms with Gasteiger partial charge in [-0.3, -0.25) is 0 Å². The van der Waals surface area contributed by atoms with Crippen LogP contribution in [-0.4, -0.2) is 0 Å². The van der Waals surface area contributed by atoms with Crippen LogP contribution in [0.2, 0.25) is 0 Å². The number of rotatable bonds is 8. The lowest BCUT2D eigenvalue weighted by molar-refractivity contribution is 1.30. The van der Waals surface area contributed by atoms with Crippen molar-refractivity contribution in [3.63, 3.8) is 0 Å². The number of para-hydroxylation sites is 2. The zero-order valence-electron chi connectivity index (χ0n) is 41.6. The van der Waals surface area contributed by atoms with Crippen molar-refractivity contribution < 1.29 is 0 Å². The summed E-state index contributed by atoms with van der Waals surface area (Å²) in [7, 11) is 0. The van der Waals surface area contributed by atoms with Crippen molar-refractivity contribution in [1.82, 2.24) is 0 Å². The van der Waals surface area contributed by atoms with Gasteiger partial charge in [-0.05, 0) is 153 Å². The highest BCUT2D eigenvalue weighted by Gasteiger charge is 2.25. The van der Waals surface area contributed by atoms with Gasteiger partial charge in [0.1, 0.15) is 0 Å². The average molecular weight is 965 g/mol. The van der Waals surface area contributed by atoms with Crippen LogP contribution in [0.5, 0.6) is 0 Å². The van der Waals surface area contributed by atoms with Crippen molar-refractivity contribution in [3.05, 3.63) is 291 Å². The van der Waals surface area contributed by atoms with Gasteiger partial charge in [-0.2, -0.15) is 0 Å². The summed E-state index contributed by atoms with van der Waals surface area (Å²) >= 11 is 0. The molecule has 0 saturated heterocycles. The fraction of sp³-hybridized carbons (Fsp3) is 0. The van der Waals surface area contributed by atoms with Crippen molar-refractivity contribution in [2.75, 3.05) is 9.80 Å². The second kappa shape index (κ2) is 17.9. The molecule has 0 aromatic heterocycles. The molecule has 0 amide bonds. The normalized spacial score (nSPS) is 11.7. The third-order valence-corrected chi connectivity index (χ3v) is 15.7. The Morgan fingerprint density at radius 3 is 1.24 bits per heavy atom. The summed E-state index contributed by atoms with van der Waals surface area (Å²) in [6.45, 7) is 0. The molecule has 76 heavy (non-hydrogen) atoms. The van der Waals surface area contributed by atoms with Gasteiger partial charge in [0.25, 0.3) is 0 Å². The molecule has 0 N–H and O–H groups in total. The number of hydrogen-bond donors (Lipinski definition) is 0. The van der Waals surface area contributed by atoms with E-state index >= 15 is 0 Å². The van der Waals surface area contributed by atoms with Crippen LogP contribution in [-0.2, 0) is 0 Å². The lowest BCUT2D eigenvalue weighted by atomic mass is 9.80. The Balaban J connectivity index is 0.984. The van der Waals surface area contributed by atoms with E-state index in [9.17, 15) is 0 Å². The summed E-state index contributed by atoms with van der Waals surface area (Å²) in [6.07, 6.45) is 0. The van der Waals surface area contributed by atoms with Crippen LogP contribution in [0, 0.1) is 0 Å². The molecular weight excluding hydrogens is 917 g/mol. The standard InChI is InChI=1S/C74H48N2/c1-3-25-54(26-4-1)75(68-39-19-23-49-21-7-9-29-57(49)68)56-44-43-51-47-53(42-41-52(51)48-56)71-65-37-17-18-38-66(65)72(74-64-36-16-13-32-60(64)59-31-12-15-35-63(59)73(71)74)67-45-46-70(62-34-14-11-33-61(62)67)76(55-27-5-2-6-28-55)69-40-20-24-50-22-8-10-30-58(50)69/h1-48H. The van der Waals surface area contributed by atoms with Crippen LogP contribution in [0.15, 0.2) is 291 Å². The first-order valence-corrected chi connectivity index (χ1v) is 26.3. The zero-order chi connectivity index (χ0) is 50.1. The minimum atomic E-state index is 1.11. The molecule has 0 fully saturated rings. The van der Waals surface area contributed by atoms with Gasteiger partial charge < -0.3 is 9.80 Å². The second-order valence-electron chi connectivity index (χ2n) is 19.9. The molecule has 0 aliphatic rings. The Labute approximate surface area is 441 Å². The Hall–Kier alpha value is -10.0. The Morgan fingerprint density at radius 1 is 0.197 bits per heavy atom. The monoisotopic (exact) mass is 964 g/mol. The SMILES string of the molecule is c1ccc(N(c2ccc3cc(-c4c5ccccc5c(-c5ccc(N(c6ccccc6)c6cccc7ccccc67)c6ccccc56)c5c6ccccc6c6ccccc6c45)ccc3c2)c2cccc3ccccc23)cc1. The Morgan fingerprint density at radius 2 is 0.618 bits per heavy atom. The summed E-state index contributed by atoms with van der Waals surface area (Å²) in [6, 6.07) is 107. The van der Waals surface area contributed by atoms with E-state index in [2.05, 4.69) is 301 Å². The molecule has 0 atom stereocenters. The molecule has 2 nitrogen and oxygen atoms in total. The van der Waals surface area contributed by atoms with Crippen molar-refractivity contribution in [3.8, 4) is 22.3 Å². The van der Waals surface area contributed by atoms with Crippen LogP contribution in [0.3, 0.4) is 0 Å². The number of benzene rings is 15. The first-order valence-electron chi connectivity index (χ1n) is 26.3. The third kappa shape index (κ3) is 6.96. The number of nitrogens with zero attached hydrogens (tertiary/aromatic N) is 2. The number of fused-ring (bicyclic) bond motifs is 11. The highest BCUT2D eigenvalue weighted by Crippen LogP contribution is 2.53. The molecule has 0 aliphatic heterocycles. The van der Waals surface area contributed by atoms with Gasteiger partial charge >= 0.3 is 0 Å². The van der Waals surface area contributed by atoms with Gasteiger partial charge in [-0.25, -0.2) is 0 Å². The molecule has 0 spiro atoms. The predicted molar refractivity (Wildman–Crippen MR) is 327 cm³/mol. The molecule has 0 bridgehead atoms. The van der Waals surface area contributed by atoms with Gasteiger partial charge in [-0.1, -0.05) is 231 Å². The van der Waals surface area contributed by atoms with Gasteiger partial charge in [0.15, 0.2) is 0 Å². The fourth-order valence-corrected chi connectivity index (χ4v) is 12.4. The van der Waals surface area contributed by atoms with Crippen LogP contribution in [0.4, 0.5) is 34.1 Å². The van der Waals surface area contributed by atoms with E-state index < -0.39 is 0 Å². The van der Waals surface area contributed by atoms with Crippen molar-refractivity contribution >= 4 is 120 Å². The maximum absolute atomic E-state index is 2.45. The van der Waals surface area contributed by atoms with E-state index in [1.165, 1.54) is 108 Å². The first kappa shape index (κ1) is 43.6. The third-order valence-electron chi connectivity index (χ3n) is 15.7. The maximum atomic E-state index is 2.45. The number of hydrogen-bond acceptors (Lipinski definition) is 2. The molecule has 15 aromatic carbocycles. The lowest BCUT2D eigenvalue weighted by Crippen LogP contribution is -2.11. The van der Waals surface area contributed by atoms with Gasteiger partial charge in [0.05, 0.1) is 17.1 Å². The molecule has 0 saturated carbocycles. The highest BCUT2D eigenvalue weighted by atomic mass is 15.1. The Bertz CT molecular complexity index is 4760. The Kier molecular flexibility index (Phi) is 10.2. The molecular formula is C74H48N2. The second-order valence-corrected chi connectivity index (χ2v) is 19.9. The van der Waals surface area contributed by atoms with E-state index in [0.717, 1.165) is 34.1 Å². The van der Waals surface area contributed by atoms with Crippen LogP contribution in [0.1, 0.15) is 0 Å². The maximum Gasteiger partial charge on any atom is 0.0540 e. The van der Waals surface area contributed by atoms with E-state index in [1.54, 1.807) is 0 Å². The zero-order valence-corrected chi connectivity index (χ0v) is 41.6. The predicted octanol–water partition coefficient (Wildman–Crippen LogP) is 21.2. The average Bonchev–Trinajstić information content (AvgIpc) is 3.67. The van der Waals surface area contributed by atoms with Crippen LogP contribution in [0.25, 0.3) is 108 Å². The summed E-state index contributed by atoms with van der Waals surface area (Å²) < 4.78 is 0. The summed E-state index contributed by atoms with van der Waals surface area (Å²) in [4.78, 5) is 4.84. The molecule has 15 rings (SSSR count). The number of anilines is 6. The van der Waals surface area contributed by atoms with E-state index in [4.69, 9.17) is 0 Å². The molecule has 15 aromatic rings. The summed E-state index contributed by atoms with van der Waals surface area (Å²) in [5, 5.41) is 19.6. The lowest BCUT2D eigenvalue weighted by Gasteiger charge is -2.29. The van der Waals surface area contributed by atoms with Crippen molar-refractivity contribution in [1.29, 1.82) is 0 Å². The molecule has 0 unspecified atom stereocenters. The topological polar surface area (TPSA) is 6.48 Å². The molecule has 0 radical (unpaired) electrons. The summed E-state index contributed by atoms with van der Waals surface area (Å²) in [5.41, 5.74) is 11.7. The molecule has 2 heteroatoms. The summed E-state index contributed by atoms with van der Waals surface area (Å²) in [5.74, 6) is 0. The molecule has 0 aliphatic carbocycles. The fourth-order valence-electron chi connectivity index (χ4n) is 12.4. The molecule has 0 heterocycles. The smallest absolute Gasteiger partial charge is 0.0540 e. The van der Waals surface area contributed by atoms with Gasteiger partial charge in [-0.15, -0.1) is 0 Å².